The van der Waals surface area contributed by atoms with Crippen LogP contribution in [0.25, 0.3) is 0 Å². The van der Waals surface area contributed by atoms with Crippen molar-refractivity contribution in [3.63, 3.8) is 0 Å². The molecule has 2 heterocycles. The normalized spacial score (nSPS) is 19.8. The van der Waals surface area contributed by atoms with E-state index in [1.54, 1.807) is 18.1 Å². The molecule has 1 saturated heterocycles. The molecular formula is C12H17N3O3S. The van der Waals surface area contributed by atoms with E-state index in [0.717, 1.165) is 12.1 Å². The molecule has 0 aliphatic carbocycles. The molecule has 1 amide bonds. The Hall–Kier alpha value is -1.50. The van der Waals surface area contributed by atoms with E-state index < -0.39 is 5.97 Å². The smallest absolute Gasteiger partial charge is 0.313 e. The van der Waals surface area contributed by atoms with Crippen LogP contribution < -0.4 is 0 Å². The number of nitrogens with zero attached hydrogens (tertiary/aromatic N) is 3. The monoisotopic (exact) mass is 283 g/mol. The maximum atomic E-state index is 11.5. The van der Waals surface area contributed by atoms with Crippen molar-refractivity contribution in [2.24, 2.45) is 0 Å². The van der Waals surface area contributed by atoms with Crippen molar-refractivity contribution in [1.29, 1.82) is 0 Å². The Morgan fingerprint density at radius 1 is 1.63 bits per heavy atom. The minimum atomic E-state index is -0.854. The summed E-state index contributed by atoms with van der Waals surface area (Å²) in [5, 5.41) is 9.46. The molecule has 1 fully saturated rings. The molecule has 7 heteroatoms. The van der Waals surface area contributed by atoms with Gasteiger partial charge < -0.3 is 14.6 Å². The van der Waals surface area contributed by atoms with Crippen LogP contribution in [0.2, 0.25) is 0 Å². The van der Waals surface area contributed by atoms with Gasteiger partial charge in [-0.2, -0.15) is 0 Å². The van der Waals surface area contributed by atoms with Crippen molar-refractivity contribution in [3.8, 4) is 0 Å². The first-order chi connectivity index (χ1) is 8.99. The molecule has 1 unspecified atom stereocenters. The van der Waals surface area contributed by atoms with Gasteiger partial charge in [-0.15, -0.1) is 0 Å². The molecule has 1 aliphatic heterocycles. The maximum Gasteiger partial charge on any atom is 0.313 e. The molecule has 1 aromatic rings. The number of aromatic nitrogens is 2. The van der Waals surface area contributed by atoms with Crippen LogP contribution in [-0.2, 0) is 9.59 Å². The van der Waals surface area contributed by atoms with Gasteiger partial charge in [-0.25, -0.2) is 4.98 Å². The summed E-state index contributed by atoms with van der Waals surface area (Å²) in [6.45, 7) is 2.60. The first-order valence-electron chi connectivity index (χ1n) is 6.11. The lowest BCUT2D eigenvalue weighted by molar-refractivity contribution is -0.134. The molecule has 104 valence electrons. The van der Waals surface area contributed by atoms with Crippen LogP contribution in [-0.4, -0.2) is 50.8 Å². The number of rotatable bonds is 4. The quantitative estimate of drug-likeness (QED) is 0.839. The number of aliphatic carboxylic acids is 1. The largest absolute Gasteiger partial charge is 0.481 e. The van der Waals surface area contributed by atoms with Crippen LogP contribution in [0.3, 0.4) is 0 Å². The molecule has 19 heavy (non-hydrogen) atoms. The van der Waals surface area contributed by atoms with Crippen LogP contribution in [0.1, 0.15) is 24.6 Å². The lowest BCUT2D eigenvalue weighted by Crippen LogP contribution is -2.38. The fraction of sp³-hybridized carbons (Fsp3) is 0.583. The molecule has 1 atom stereocenters. The Kier molecular flexibility index (Phi) is 4.14. The Morgan fingerprint density at radius 2 is 2.37 bits per heavy atom. The Labute approximate surface area is 115 Å². The average molecular weight is 283 g/mol. The minimum absolute atomic E-state index is 0.00204. The van der Waals surface area contributed by atoms with Gasteiger partial charge in [-0.05, 0) is 13.3 Å². The number of amides is 1. The highest BCUT2D eigenvalue weighted by atomic mass is 32.2. The second-order valence-corrected chi connectivity index (χ2v) is 5.64. The van der Waals surface area contributed by atoms with E-state index in [1.807, 2.05) is 6.92 Å². The molecule has 0 aromatic carbocycles. The zero-order valence-corrected chi connectivity index (χ0v) is 11.8. The number of imidazole rings is 1. The summed E-state index contributed by atoms with van der Waals surface area (Å²) in [7, 11) is 1.80. The first kappa shape index (κ1) is 13.9. The van der Waals surface area contributed by atoms with Crippen molar-refractivity contribution >= 4 is 23.6 Å². The number of hydrogen-bond donors (Lipinski definition) is 1. The van der Waals surface area contributed by atoms with Gasteiger partial charge in [0, 0.05) is 31.9 Å². The van der Waals surface area contributed by atoms with Crippen molar-refractivity contribution in [3.05, 3.63) is 11.9 Å². The number of thioether (sulfide) groups is 1. The summed E-state index contributed by atoms with van der Waals surface area (Å²) in [6, 6.07) is 0.182. The van der Waals surface area contributed by atoms with Gasteiger partial charge in [0.1, 0.15) is 0 Å². The van der Waals surface area contributed by atoms with Crippen LogP contribution >= 0.6 is 11.8 Å². The number of likely N-dealkylation sites (N-methyl/N-ethyl adjacent to an activating group) is 1. The summed E-state index contributed by atoms with van der Waals surface area (Å²) in [5.74, 6) is -0.695. The van der Waals surface area contributed by atoms with Gasteiger partial charge in [0.15, 0.2) is 5.16 Å². The Morgan fingerprint density at radius 3 is 3.00 bits per heavy atom. The number of carbonyl (C=O) groups excluding carboxylic acids is 1. The van der Waals surface area contributed by atoms with Crippen molar-refractivity contribution < 1.29 is 14.7 Å². The molecule has 0 bridgehead atoms. The van der Waals surface area contributed by atoms with E-state index >= 15 is 0 Å². The number of carboxylic acids is 1. The molecule has 1 aromatic heterocycles. The van der Waals surface area contributed by atoms with Crippen molar-refractivity contribution in [1.82, 2.24) is 14.5 Å². The van der Waals surface area contributed by atoms with Gasteiger partial charge >= 0.3 is 5.97 Å². The molecule has 0 radical (unpaired) electrons. The lowest BCUT2D eigenvalue weighted by atomic mass is 10.1. The topological polar surface area (TPSA) is 75.4 Å². The summed E-state index contributed by atoms with van der Waals surface area (Å²) in [4.78, 5) is 28.2. The molecule has 2 rings (SSSR count). The van der Waals surface area contributed by atoms with Crippen LogP contribution in [0.5, 0.6) is 0 Å². The SMILES string of the molecule is Cc1cnc(SCC(=O)O)n1C1CCC(=O)N(C)C1. The first-order valence-corrected chi connectivity index (χ1v) is 7.10. The maximum absolute atomic E-state index is 11.5. The molecule has 1 N–H and O–H groups in total. The number of piperidine rings is 1. The number of hydrogen-bond acceptors (Lipinski definition) is 4. The second-order valence-electron chi connectivity index (χ2n) is 4.70. The molecular weight excluding hydrogens is 266 g/mol. The summed E-state index contributed by atoms with van der Waals surface area (Å²) in [5.41, 5.74) is 1.00. The van der Waals surface area contributed by atoms with Crippen molar-refractivity contribution in [2.75, 3.05) is 19.3 Å². The Bertz CT molecular complexity index is 500. The number of carboxylic acid groups (broad SMARTS) is 1. The Balaban J connectivity index is 2.16. The highest BCUT2D eigenvalue weighted by Gasteiger charge is 2.26. The van der Waals surface area contributed by atoms with E-state index in [2.05, 4.69) is 9.55 Å². The van der Waals surface area contributed by atoms with Crippen LogP contribution in [0.4, 0.5) is 0 Å². The fourth-order valence-corrected chi connectivity index (χ4v) is 3.11. The highest BCUT2D eigenvalue weighted by molar-refractivity contribution is 7.99. The zero-order chi connectivity index (χ0) is 14.0. The zero-order valence-electron chi connectivity index (χ0n) is 11.0. The van der Waals surface area contributed by atoms with E-state index in [-0.39, 0.29) is 17.7 Å². The highest BCUT2D eigenvalue weighted by Crippen LogP contribution is 2.28. The predicted octanol–water partition coefficient (Wildman–Crippen LogP) is 1.16. The fourth-order valence-electron chi connectivity index (χ4n) is 2.30. The standard InChI is InChI=1S/C12H17N3O3S/c1-8-5-13-12(19-7-11(17)18)15(8)9-3-4-10(16)14(2)6-9/h5,9H,3-4,6-7H2,1-2H3,(H,17,18). The third kappa shape index (κ3) is 3.09. The lowest BCUT2D eigenvalue weighted by Gasteiger charge is -2.31. The van der Waals surface area contributed by atoms with E-state index in [0.29, 0.717) is 18.1 Å². The van der Waals surface area contributed by atoms with Crippen LogP contribution in [0.15, 0.2) is 11.4 Å². The van der Waals surface area contributed by atoms with Gasteiger partial charge in [0.2, 0.25) is 5.91 Å². The minimum Gasteiger partial charge on any atom is -0.481 e. The van der Waals surface area contributed by atoms with Gasteiger partial charge in [0.05, 0.1) is 11.8 Å². The summed E-state index contributed by atoms with van der Waals surface area (Å²) >= 11 is 1.22. The predicted molar refractivity (Wildman–Crippen MR) is 71.2 cm³/mol. The molecule has 0 spiro atoms. The van der Waals surface area contributed by atoms with E-state index in [4.69, 9.17) is 5.11 Å². The van der Waals surface area contributed by atoms with Gasteiger partial charge in [-0.3, -0.25) is 9.59 Å². The number of likely N-dealkylation sites (tertiary alicyclic amines) is 1. The van der Waals surface area contributed by atoms with Gasteiger partial charge in [0.25, 0.3) is 0 Å². The summed E-state index contributed by atoms with van der Waals surface area (Å²) < 4.78 is 2.05. The van der Waals surface area contributed by atoms with E-state index in [1.165, 1.54) is 11.8 Å². The van der Waals surface area contributed by atoms with Crippen molar-refractivity contribution in [2.45, 2.75) is 31.0 Å². The molecule has 1 aliphatic rings. The molecule has 6 nitrogen and oxygen atoms in total. The number of carbonyl (C=O) groups is 2. The van der Waals surface area contributed by atoms with Gasteiger partial charge in [-0.1, -0.05) is 11.8 Å². The average Bonchev–Trinajstić information content (AvgIpc) is 2.71. The van der Waals surface area contributed by atoms with Crippen LogP contribution in [0, 0.1) is 6.92 Å². The molecule has 0 saturated carbocycles. The summed E-state index contributed by atoms with van der Waals surface area (Å²) in [6.07, 6.45) is 3.06. The third-order valence-electron chi connectivity index (χ3n) is 3.24. The van der Waals surface area contributed by atoms with E-state index in [9.17, 15) is 9.59 Å². The second kappa shape index (κ2) is 5.64. The third-order valence-corrected chi connectivity index (χ3v) is 4.19. The number of aryl methyl sites for hydroxylation is 1.